The second-order valence-corrected chi connectivity index (χ2v) is 5.95. The van der Waals surface area contributed by atoms with Crippen LogP contribution in [0, 0.1) is 0 Å². The highest BCUT2D eigenvalue weighted by molar-refractivity contribution is 5.96. The fourth-order valence-electron chi connectivity index (χ4n) is 2.91. The van der Waals surface area contributed by atoms with Gasteiger partial charge in [0.15, 0.2) is 0 Å². The standard InChI is InChI=1S/C18H19F3N4O2.ClH/c1-2-27-15-7-8-22-17(23-15)25-11-9-24(10-12-25)16(26)13-5-3-4-6-14(13)18(19,20)21;/h3-8H,2,9-12H2,1H3;1H. The lowest BCUT2D eigenvalue weighted by atomic mass is 10.1. The molecule has 0 unspecified atom stereocenters. The molecule has 2 heterocycles. The lowest BCUT2D eigenvalue weighted by Gasteiger charge is -2.35. The molecule has 6 nitrogen and oxygen atoms in total. The maximum absolute atomic E-state index is 13.2. The first-order chi connectivity index (χ1) is 12.9. The zero-order valence-corrected chi connectivity index (χ0v) is 16.0. The first-order valence-corrected chi connectivity index (χ1v) is 8.56. The van der Waals surface area contributed by atoms with Crippen molar-refractivity contribution in [2.24, 2.45) is 0 Å². The third-order valence-corrected chi connectivity index (χ3v) is 4.22. The molecule has 0 atom stereocenters. The number of carbonyl (C=O) groups excluding carboxylic acids is 1. The van der Waals surface area contributed by atoms with Gasteiger partial charge in [-0.3, -0.25) is 4.79 Å². The van der Waals surface area contributed by atoms with Crippen LogP contribution < -0.4 is 9.64 Å². The summed E-state index contributed by atoms with van der Waals surface area (Å²) in [4.78, 5) is 24.4. The van der Waals surface area contributed by atoms with E-state index in [2.05, 4.69) is 9.97 Å². The van der Waals surface area contributed by atoms with Crippen molar-refractivity contribution in [1.82, 2.24) is 14.9 Å². The molecule has 10 heteroatoms. The van der Waals surface area contributed by atoms with E-state index in [1.807, 2.05) is 11.8 Å². The third kappa shape index (κ3) is 4.83. The van der Waals surface area contributed by atoms with Gasteiger partial charge < -0.3 is 14.5 Å². The molecule has 0 saturated carbocycles. The van der Waals surface area contributed by atoms with Crippen molar-refractivity contribution in [1.29, 1.82) is 0 Å². The van der Waals surface area contributed by atoms with Crippen LogP contribution in [-0.2, 0) is 6.18 Å². The number of aromatic nitrogens is 2. The zero-order chi connectivity index (χ0) is 19.4. The number of piperazine rings is 1. The Labute approximate surface area is 166 Å². The number of ether oxygens (including phenoxy) is 1. The van der Waals surface area contributed by atoms with Crippen molar-refractivity contribution >= 4 is 24.3 Å². The molecule has 1 fully saturated rings. The first kappa shape index (κ1) is 21.7. The summed E-state index contributed by atoms with van der Waals surface area (Å²) in [6.07, 6.45) is -2.98. The number of hydrogen-bond donors (Lipinski definition) is 0. The summed E-state index contributed by atoms with van der Waals surface area (Å²) in [5, 5.41) is 0. The summed E-state index contributed by atoms with van der Waals surface area (Å²) >= 11 is 0. The van der Waals surface area contributed by atoms with Crippen LogP contribution in [0.25, 0.3) is 0 Å². The van der Waals surface area contributed by atoms with E-state index in [0.717, 1.165) is 6.07 Å². The minimum atomic E-state index is -4.57. The first-order valence-electron chi connectivity index (χ1n) is 8.56. The molecule has 28 heavy (non-hydrogen) atoms. The molecular weight excluding hydrogens is 397 g/mol. The van der Waals surface area contributed by atoms with Crippen LogP contribution >= 0.6 is 12.4 Å². The lowest BCUT2D eigenvalue weighted by molar-refractivity contribution is -0.138. The highest BCUT2D eigenvalue weighted by atomic mass is 35.5. The third-order valence-electron chi connectivity index (χ3n) is 4.22. The van der Waals surface area contributed by atoms with Crippen molar-refractivity contribution in [3.05, 3.63) is 47.7 Å². The number of carbonyl (C=O) groups is 1. The number of hydrogen-bond acceptors (Lipinski definition) is 5. The van der Waals surface area contributed by atoms with E-state index in [9.17, 15) is 18.0 Å². The molecule has 3 rings (SSSR count). The van der Waals surface area contributed by atoms with Crippen molar-refractivity contribution in [3.8, 4) is 5.88 Å². The van der Waals surface area contributed by atoms with Gasteiger partial charge in [-0.05, 0) is 19.1 Å². The Morgan fingerprint density at radius 2 is 1.82 bits per heavy atom. The smallest absolute Gasteiger partial charge is 0.417 e. The second-order valence-electron chi connectivity index (χ2n) is 5.95. The van der Waals surface area contributed by atoms with E-state index in [-0.39, 0.29) is 31.1 Å². The van der Waals surface area contributed by atoms with E-state index in [4.69, 9.17) is 4.74 Å². The second kappa shape index (κ2) is 9.09. The summed E-state index contributed by atoms with van der Waals surface area (Å²) in [6, 6.07) is 6.51. The number of alkyl halides is 3. The molecule has 1 aliphatic heterocycles. The Balaban J connectivity index is 0.00000280. The van der Waals surface area contributed by atoms with Crippen molar-refractivity contribution in [2.75, 3.05) is 37.7 Å². The number of halogens is 4. The summed E-state index contributed by atoms with van der Waals surface area (Å²) in [5.41, 5.74) is -1.24. The fraction of sp³-hybridized carbons (Fsp3) is 0.389. The predicted molar refractivity (Wildman–Crippen MR) is 100 cm³/mol. The lowest BCUT2D eigenvalue weighted by Crippen LogP contribution is -2.49. The SMILES string of the molecule is CCOc1ccnc(N2CCN(C(=O)c3ccccc3C(F)(F)F)CC2)n1.Cl. The minimum absolute atomic E-state index is 0. The molecule has 1 amide bonds. The average molecular weight is 417 g/mol. The summed E-state index contributed by atoms with van der Waals surface area (Å²) in [7, 11) is 0. The van der Waals surface area contributed by atoms with E-state index in [1.54, 1.807) is 12.3 Å². The number of amides is 1. The van der Waals surface area contributed by atoms with Crippen LogP contribution in [0.4, 0.5) is 19.1 Å². The molecule has 0 spiro atoms. The van der Waals surface area contributed by atoms with Gasteiger partial charge in [0.2, 0.25) is 11.8 Å². The largest absolute Gasteiger partial charge is 0.478 e. The van der Waals surface area contributed by atoms with E-state index in [1.165, 1.54) is 23.1 Å². The predicted octanol–water partition coefficient (Wildman–Crippen LogP) is 3.28. The molecule has 2 aromatic rings. The van der Waals surface area contributed by atoms with Crippen LogP contribution in [0.15, 0.2) is 36.5 Å². The van der Waals surface area contributed by atoms with E-state index in [0.29, 0.717) is 31.5 Å². The molecule has 1 aromatic heterocycles. The van der Waals surface area contributed by atoms with Gasteiger partial charge in [-0.15, -0.1) is 12.4 Å². The Kier molecular flexibility index (Phi) is 7.06. The Morgan fingerprint density at radius 3 is 2.46 bits per heavy atom. The van der Waals surface area contributed by atoms with Gasteiger partial charge in [-0.25, -0.2) is 4.98 Å². The van der Waals surface area contributed by atoms with E-state index >= 15 is 0 Å². The normalized spacial score (nSPS) is 14.4. The molecule has 1 saturated heterocycles. The number of nitrogens with zero attached hydrogens (tertiary/aromatic N) is 4. The van der Waals surface area contributed by atoms with Gasteiger partial charge in [-0.2, -0.15) is 18.2 Å². The molecule has 0 N–H and O–H groups in total. The molecule has 0 radical (unpaired) electrons. The van der Waals surface area contributed by atoms with Gasteiger partial charge in [0, 0.05) is 38.4 Å². The fourth-order valence-corrected chi connectivity index (χ4v) is 2.91. The Morgan fingerprint density at radius 1 is 1.14 bits per heavy atom. The minimum Gasteiger partial charge on any atom is -0.478 e. The summed E-state index contributed by atoms with van der Waals surface area (Å²) in [5.74, 6) is 0.315. The average Bonchev–Trinajstić information content (AvgIpc) is 2.67. The van der Waals surface area contributed by atoms with Crippen LogP contribution in [-0.4, -0.2) is 53.6 Å². The zero-order valence-electron chi connectivity index (χ0n) is 15.1. The molecule has 0 aliphatic carbocycles. The van der Waals surface area contributed by atoms with Crippen molar-refractivity contribution < 1.29 is 22.7 Å². The molecule has 1 aliphatic rings. The number of rotatable bonds is 4. The van der Waals surface area contributed by atoms with Gasteiger partial charge in [0.05, 0.1) is 17.7 Å². The van der Waals surface area contributed by atoms with Crippen LogP contribution in [0.2, 0.25) is 0 Å². The highest BCUT2D eigenvalue weighted by Crippen LogP contribution is 2.32. The topological polar surface area (TPSA) is 58.6 Å². The molecule has 0 bridgehead atoms. The quantitative estimate of drug-likeness (QED) is 0.765. The number of anilines is 1. The van der Waals surface area contributed by atoms with Crippen LogP contribution in [0.5, 0.6) is 5.88 Å². The maximum Gasteiger partial charge on any atom is 0.417 e. The highest BCUT2D eigenvalue weighted by Gasteiger charge is 2.36. The molecule has 152 valence electrons. The van der Waals surface area contributed by atoms with Gasteiger partial charge >= 0.3 is 6.18 Å². The number of benzene rings is 1. The van der Waals surface area contributed by atoms with Crippen molar-refractivity contribution in [2.45, 2.75) is 13.1 Å². The van der Waals surface area contributed by atoms with Gasteiger partial charge in [0.25, 0.3) is 5.91 Å². The maximum atomic E-state index is 13.2. The van der Waals surface area contributed by atoms with Gasteiger partial charge in [-0.1, -0.05) is 12.1 Å². The van der Waals surface area contributed by atoms with Gasteiger partial charge in [0.1, 0.15) is 0 Å². The molecular formula is C18H20ClF3N4O2. The molecule has 1 aromatic carbocycles. The van der Waals surface area contributed by atoms with Crippen LogP contribution in [0.1, 0.15) is 22.8 Å². The van der Waals surface area contributed by atoms with E-state index < -0.39 is 17.6 Å². The Bertz CT molecular complexity index is 811. The summed E-state index contributed by atoms with van der Waals surface area (Å²) < 4.78 is 44.8. The van der Waals surface area contributed by atoms with Crippen LogP contribution in [0.3, 0.4) is 0 Å². The summed E-state index contributed by atoms with van der Waals surface area (Å²) in [6.45, 7) is 3.76. The monoisotopic (exact) mass is 416 g/mol. The van der Waals surface area contributed by atoms with Crippen molar-refractivity contribution in [3.63, 3.8) is 0 Å². The Hall–Kier alpha value is -2.55.